The SMILES string of the molecule is c1ccc(CNCc2cncc(-c3ccc4[nH]nc(-c5nc6cnccc6[nH]5)c4n3)c2)cc1. The average Bonchev–Trinajstić information content (AvgIpc) is 3.48. The van der Waals surface area contributed by atoms with Gasteiger partial charge < -0.3 is 10.3 Å². The summed E-state index contributed by atoms with van der Waals surface area (Å²) in [6.07, 6.45) is 7.18. The number of aromatic nitrogens is 7. The molecule has 160 valence electrons. The monoisotopic (exact) mass is 432 g/mol. The third-order valence-electron chi connectivity index (χ3n) is 5.51. The highest BCUT2D eigenvalue weighted by atomic mass is 15.1. The van der Waals surface area contributed by atoms with Gasteiger partial charge in [-0.05, 0) is 35.4 Å². The molecule has 5 heterocycles. The Morgan fingerprint density at radius 3 is 2.61 bits per heavy atom. The van der Waals surface area contributed by atoms with Crippen molar-refractivity contribution >= 4 is 22.1 Å². The van der Waals surface area contributed by atoms with Crippen molar-refractivity contribution in [3.05, 3.63) is 90.5 Å². The number of H-pyrrole nitrogens is 2. The van der Waals surface area contributed by atoms with E-state index in [1.807, 2.05) is 48.8 Å². The van der Waals surface area contributed by atoms with Crippen LogP contribution in [0.4, 0.5) is 0 Å². The van der Waals surface area contributed by atoms with Gasteiger partial charge in [0.25, 0.3) is 0 Å². The molecule has 0 bridgehead atoms. The Labute approximate surface area is 189 Å². The van der Waals surface area contributed by atoms with E-state index in [1.54, 1.807) is 12.4 Å². The smallest absolute Gasteiger partial charge is 0.161 e. The maximum Gasteiger partial charge on any atom is 0.161 e. The molecule has 0 fully saturated rings. The second-order valence-electron chi connectivity index (χ2n) is 7.81. The Morgan fingerprint density at radius 2 is 1.70 bits per heavy atom. The fraction of sp³-hybridized carbons (Fsp3) is 0.0800. The number of nitrogens with zero attached hydrogens (tertiary/aromatic N) is 5. The van der Waals surface area contributed by atoms with Crippen LogP contribution in [-0.4, -0.2) is 35.1 Å². The third-order valence-corrected chi connectivity index (χ3v) is 5.51. The van der Waals surface area contributed by atoms with E-state index in [0.717, 1.165) is 52.0 Å². The molecule has 6 aromatic rings. The van der Waals surface area contributed by atoms with Crippen LogP contribution in [0.25, 0.3) is 44.8 Å². The van der Waals surface area contributed by atoms with E-state index >= 15 is 0 Å². The zero-order chi connectivity index (χ0) is 22.0. The molecule has 33 heavy (non-hydrogen) atoms. The predicted octanol–water partition coefficient (Wildman–Crippen LogP) is 4.25. The Balaban J connectivity index is 1.28. The molecule has 3 N–H and O–H groups in total. The van der Waals surface area contributed by atoms with E-state index in [2.05, 4.69) is 53.6 Å². The molecule has 6 rings (SSSR count). The Morgan fingerprint density at radius 1 is 0.788 bits per heavy atom. The second kappa shape index (κ2) is 8.25. The van der Waals surface area contributed by atoms with E-state index in [0.29, 0.717) is 11.5 Å². The lowest BCUT2D eigenvalue weighted by Gasteiger charge is -2.07. The molecule has 0 atom stereocenters. The van der Waals surface area contributed by atoms with Gasteiger partial charge in [0, 0.05) is 37.2 Å². The van der Waals surface area contributed by atoms with Crippen LogP contribution in [0, 0.1) is 0 Å². The highest BCUT2D eigenvalue weighted by Gasteiger charge is 2.15. The summed E-state index contributed by atoms with van der Waals surface area (Å²) in [5.41, 5.74) is 8.12. The highest BCUT2D eigenvalue weighted by Crippen LogP contribution is 2.27. The first-order valence-electron chi connectivity index (χ1n) is 10.7. The number of fused-ring (bicyclic) bond motifs is 2. The van der Waals surface area contributed by atoms with E-state index in [9.17, 15) is 0 Å². The first kappa shape index (κ1) is 19.3. The second-order valence-corrected chi connectivity index (χ2v) is 7.81. The lowest BCUT2D eigenvalue weighted by atomic mass is 10.1. The molecule has 0 unspecified atom stereocenters. The molecule has 0 aliphatic carbocycles. The largest absolute Gasteiger partial charge is 0.336 e. The normalized spacial score (nSPS) is 11.4. The first-order chi connectivity index (χ1) is 16.3. The van der Waals surface area contributed by atoms with Crippen molar-refractivity contribution in [1.29, 1.82) is 0 Å². The third kappa shape index (κ3) is 3.83. The zero-order valence-corrected chi connectivity index (χ0v) is 17.7. The van der Waals surface area contributed by atoms with Gasteiger partial charge in [0.2, 0.25) is 0 Å². The quantitative estimate of drug-likeness (QED) is 0.363. The standard InChI is InChI=1S/C25H20N8/c1-2-4-16(5-3-1)11-27-12-17-10-18(14-28-13-17)19-6-7-21-23(29-19)24(33-32-21)25-30-20-8-9-26-15-22(20)31-25/h1-10,13-15,27H,11-12H2,(H,30,31)(H,32,33). The van der Waals surface area contributed by atoms with Gasteiger partial charge in [-0.25, -0.2) is 9.97 Å². The molecule has 8 nitrogen and oxygen atoms in total. The molecule has 0 aliphatic heterocycles. The topological polar surface area (TPSA) is 108 Å². The minimum Gasteiger partial charge on any atom is -0.336 e. The number of hydrogen-bond acceptors (Lipinski definition) is 6. The van der Waals surface area contributed by atoms with Crippen LogP contribution >= 0.6 is 0 Å². The van der Waals surface area contributed by atoms with E-state index in [-0.39, 0.29) is 0 Å². The van der Waals surface area contributed by atoms with Gasteiger partial charge in [0.05, 0.1) is 22.9 Å². The Kier molecular flexibility index (Phi) is 4.82. The van der Waals surface area contributed by atoms with Crippen LogP contribution in [0.15, 0.2) is 79.4 Å². The molecule has 0 saturated heterocycles. The summed E-state index contributed by atoms with van der Waals surface area (Å²) in [6, 6.07) is 18.3. The maximum absolute atomic E-state index is 4.89. The van der Waals surface area contributed by atoms with Gasteiger partial charge in [0.15, 0.2) is 11.5 Å². The van der Waals surface area contributed by atoms with Crippen LogP contribution in [0.2, 0.25) is 0 Å². The number of pyridine rings is 3. The fourth-order valence-electron chi connectivity index (χ4n) is 3.87. The lowest BCUT2D eigenvalue weighted by Crippen LogP contribution is -2.12. The summed E-state index contributed by atoms with van der Waals surface area (Å²) in [5.74, 6) is 0.658. The molecule has 0 aliphatic rings. The van der Waals surface area contributed by atoms with E-state index in [1.165, 1.54) is 5.56 Å². The van der Waals surface area contributed by atoms with Gasteiger partial charge >= 0.3 is 0 Å². The molecule has 0 amide bonds. The number of hydrogen-bond donors (Lipinski definition) is 3. The zero-order valence-electron chi connectivity index (χ0n) is 17.7. The van der Waals surface area contributed by atoms with Gasteiger partial charge in [0.1, 0.15) is 11.0 Å². The van der Waals surface area contributed by atoms with Crippen molar-refractivity contribution in [3.63, 3.8) is 0 Å². The summed E-state index contributed by atoms with van der Waals surface area (Å²) in [6.45, 7) is 1.53. The van der Waals surface area contributed by atoms with Gasteiger partial charge in [-0.3, -0.25) is 15.1 Å². The molecule has 5 aromatic heterocycles. The van der Waals surface area contributed by atoms with Gasteiger partial charge in [-0.1, -0.05) is 30.3 Å². The summed E-state index contributed by atoms with van der Waals surface area (Å²) in [7, 11) is 0. The van der Waals surface area contributed by atoms with Crippen molar-refractivity contribution < 1.29 is 0 Å². The van der Waals surface area contributed by atoms with Crippen molar-refractivity contribution in [1.82, 2.24) is 40.4 Å². The first-order valence-corrected chi connectivity index (χ1v) is 10.7. The number of aromatic amines is 2. The summed E-state index contributed by atoms with van der Waals surface area (Å²) >= 11 is 0. The Bertz CT molecular complexity index is 1520. The van der Waals surface area contributed by atoms with E-state index < -0.39 is 0 Å². The molecule has 0 saturated carbocycles. The minimum atomic E-state index is 0.658. The fourth-order valence-corrected chi connectivity index (χ4v) is 3.87. The maximum atomic E-state index is 4.89. The van der Waals surface area contributed by atoms with Gasteiger partial charge in [-0.2, -0.15) is 5.10 Å². The van der Waals surface area contributed by atoms with Crippen LogP contribution in [-0.2, 0) is 13.1 Å². The summed E-state index contributed by atoms with van der Waals surface area (Å²) in [5, 5.41) is 11.0. The minimum absolute atomic E-state index is 0.658. The molecular weight excluding hydrogens is 412 g/mol. The molecule has 1 aromatic carbocycles. The lowest BCUT2D eigenvalue weighted by molar-refractivity contribution is 0.691. The predicted molar refractivity (Wildman–Crippen MR) is 127 cm³/mol. The van der Waals surface area contributed by atoms with Crippen molar-refractivity contribution in [2.24, 2.45) is 0 Å². The van der Waals surface area contributed by atoms with Crippen molar-refractivity contribution in [3.8, 4) is 22.8 Å². The van der Waals surface area contributed by atoms with Crippen LogP contribution < -0.4 is 5.32 Å². The highest BCUT2D eigenvalue weighted by molar-refractivity contribution is 5.91. The number of nitrogens with one attached hydrogen (secondary N) is 3. The van der Waals surface area contributed by atoms with Crippen LogP contribution in [0.3, 0.4) is 0 Å². The van der Waals surface area contributed by atoms with Crippen molar-refractivity contribution in [2.45, 2.75) is 13.1 Å². The number of imidazole rings is 1. The summed E-state index contributed by atoms with van der Waals surface area (Å²) in [4.78, 5) is 21.4. The molecule has 0 radical (unpaired) electrons. The molecule has 8 heteroatoms. The average molecular weight is 432 g/mol. The Hall–Kier alpha value is -4.43. The van der Waals surface area contributed by atoms with E-state index in [4.69, 9.17) is 4.98 Å². The summed E-state index contributed by atoms with van der Waals surface area (Å²) < 4.78 is 0. The number of rotatable bonds is 6. The molecule has 0 spiro atoms. The number of benzene rings is 1. The molecular formula is C25H20N8. The van der Waals surface area contributed by atoms with Crippen LogP contribution in [0.1, 0.15) is 11.1 Å². The van der Waals surface area contributed by atoms with Gasteiger partial charge in [-0.15, -0.1) is 0 Å². The van der Waals surface area contributed by atoms with Crippen molar-refractivity contribution in [2.75, 3.05) is 0 Å². The van der Waals surface area contributed by atoms with Crippen LogP contribution in [0.5, 0.6) is 0 Å².